The standard InChI is InChI=1S/C16H24O2S/c1-10-4-5-12-13(8-10)18-14(9-16(12,3)17)15-11(2)6-7-19-15/h6-7,10,12-14,17H,4-5,8-9H2,1-3H3. The molecule has 1 N–H and O–H groups in total. The zero-order valence-corrected chi connectivity index (χ0v) is 12.9. The van der Waals surface area contributed by atoms with Gasteiger partial charge < -0.3 is 9.84 Å². The summed E-state index contributed by atoms with van der Waals surface area (Å²) < 4.78 is 6.37. The maximum absolute atomic E-state index is 10.8. The van der Waals surface area contributed by atoms with Gasteiger partial charge in [0.25, 0.3) is 0 Å². The van der Waals surface area contributed by atoms with Gasteiger partial charge in [-0.2, -0.15) is 0 Å². The number of aliphatic hydroxyl groups is 1. The minimum atomic E-state index is -0.579. The molecule has 1 saturated heterocycles. The molecule has 5 atom stereocenters. The van der Waals surface area contributed by atoms with Gasteiger partial charge in [0.1, 0.15) is 0 Å². The van der Waals surface area contributed by atoms with Crippen LogP contribution in [0.1, 0.15) is 56.1 Å². The van der Waals surface area contributed by atoms with E-state index in [1.165, 1.54) is 16.9 Å². The molecule has 1 aliphatic carbocycles. The van der Waals surface area contributed by atoms with Crippen LogP contribution in [0.15, 0.2) is 11.4 Å². The predicted molar refractivity (Wildman–Crippen MR) is 78.4 cm³/mol. The topological polar surface area (TPSA) is 29.5 Å². The first-order valence-electron chi connectivity index (χ1n) is 7.39. The summed E-state index contributed by atoms with van der Waals surface area (Å²) in [6.45, 7) is 6.45. The second kappa shape index (κ2) is 4.87. The van der Waals surface area contributed by atoms with Crippen molar-refractivity contribution in [2.24, 2.45) is 11.8 Å². The fraction of sp³-hybridized carbons (Fsp3) is 0.750. The molecule has 5 unspecified atom stereocenters. The second-order valence-corrected chi connectivity index (χ2v) is 7.66. The third-order valence-electron chi connectivity index (χ3n) is 4.98. The SMILES string of the molecule is Cc1ccsc1C1CC(C)(O)C2CCC(C)CC2O1. The van der Waals surface area contributed by atoms with Crippen molar-refractivity contribution >= 4 is 11.3 Å². The summed E-state index contributed by atoms with van der Waals surface area (Å²) in [5.41, 5.74) is 0.720. The minimum Gasteiger partial charge on any atom is -0.390 e. The van der Waals surface area contributed by atoms with E-state index in [1.54, 1.807) is 11.3 Å². The van der Waals surface area contributed by atoms with Crippen LogP contribution in [0.4, 0.5) is 0 Å². The van der Waals surface area contributed by atoms with Crippen LogP contribution in [0.25, 0.3) is 0 Å². The zero-order chi connectivity index (χ0) is 13.6. The first-order valence-corrected chi connectivity index (χ1v) is 8.27. The molecule has 2 heterocycles. The first-order chi connectivity index (χ1) is 8.97. The Balaban J connectivity index is 1.85. The molecule has 0 amide bonds. The Labute approximate surface area is 119 Å². The highest BCUT2D eigenvalue weighted by Crippen LogP contribution is 2.48. The Hall–Kier alpha value is -0.380. The largest absolute Gasteiger partial charge is 0.390 e. The average molecular weight is 280 g/mol. The van der Waals surface area contributed by atoms with E-state index in [9.17, 15) is 5.11 Å². The maximum Gasteiger partial charge on any atom is 0.0950 e. The van der Waals surface area contributed by atoms with Crippen LogP contribution in [0.5, 0.6) is 0 Å². The molecule has 0 spiro atoms. The number of hydrogen-bond acceptors (Lipinski definition) is 3. The molecule has 2 fully saturated rings. The van der Waals surface area contributed by atoms with Crippen molar-refractivity contribution in [1.82, 2.24) is 0 Å². The van der Waals surface area contributed by atoms with Gasteiger partial charge in [0.05, 0.1) is 17.8 Å². The van der Waals surface area contributed by atoms with E-state index >= 15 is 0 Å². The molecule has 1 aromatic heterocycles. The lowest BCUT2D eigenvalue weighted by atomic mass is 9.69. The molecule has 0 radical (unpaired) electrons. The highest BCUT2D eigenvalue weighted by molar-refractivity contribution is 7.10. The molecule has 1 saturated carbocycles. The van der Waals surface area contributed by atoms with Crippen LogP contribution in [0.2, 0.25) is 0 Å². The Morgan fingerprint density at radius 2 is 2.21 bits per heavy atom. The molecular weight excluding hydrogens is 256 g/mol. The van der Waals surface area contributed by atoms with Crippen molar-refractivity contribution in [2.45, 2.75) is 64.3 Å². The highest BCUT2D eigenvalue weighted by atomic mass is 32.1. The van der Waals surface area contributed by atoms with E-state index < -0.39 is 5.60 Å². The van der Waals surface area contributed by atoms with E-state index in [1.807, 2.05) is 6.92 Å². The summed E-state index contributed by atoms with van der Waals surface area (Å²) in [5, 5.41) is 13.0. The van der Waals surface area contributed by atoms with Crippen LogP contribution < -0.4 is 0 Å². The van der Waals surface area contributed by atoms with Gasteiger partial charge in [0.2, 0.25) is 0 Å². The fourth-order valence-corrected chi connectivity index (χ4v) is 4.81. The normalized spacial score (nSPS) is 42.9. The Bertz CT molecular complexity index is 451. The first kappa shape index (κ1) is 13.6. The van der Waals surface area contributed by atoms with E-state index in [0.717, 1.165) is 25.2 Å². The van der Waals surface area contributed by atoms with Crippen LogP contribution >= 0.6 is 11.3 Å². The lowest BCUT2D eigenvalue weighted by molar-refractivity contribution is -0.197. The van der Waals surface area contributed by atoms with Crippen molar-refractivity contribution in [2.75, 3.05) is 0 Å². The monoisotopic (exact) mass is 280 g/mol. The van der Waals surface area contributed by atoms with Gasteiger partial charge in [-0.05, 0) is 49.6 Å². The quantitative estimate of drug-likeness (QED) is 0.840. The summed E-state index contributed by atoms with van der Waals surface area (Å²) in [4.78, 5) is 1.30. The van der Waals surface area contributed by atoms with Crippen molar-refractivity contribution in [3.05, 3.63) is 21.9 Å². The second-order valence-electron chi connectivity index (χ2n) is 6.72. The summed E-state index contributed by atoms with van der Waals surface area (Å²) in [6, 6.07) is 2.15. The van der Waals surface area contributed by atoms with Gasteiger partial charge >= 0.3 is 0 Å². The Kier molecular flexibility index (Phi) is 3.48. The van der Waals surface area contributed by atoms with Gasteiger partial charge in [-0.15, -0.1) is 11.3 Å². The third-order valence-corrected chi connectivity index (χ3v) is 6.10. The molecule has 1 aliphatic heterocycles. The Morgan fingerprint density at radius 3 is 2.89 bits per heavy atom. The van der Waals surface area contributed by atoms with Gasteiger partial charge in [0.15, 0.2) is 0 Å². The van der Waals surface area contributed by atoms with Gasteiger partial charge in [-0.3, -0.25) is 0 Å². The van der Waals surface area contributed by atoms with E-state index in [2.05, 4.69) is 25.3 Å². The molecule has 1 aromatic rings. The number of ether oxygens (including phenoxy) is 1. The highest BCUT2D eigenvalue weighted by Gasteiger charge is 2.48. The predicted octanol–water partition coefficient (Wildman–Crippen LogP) is 4.07. The van der Waals surface area contributed by atoms with E-state index in [4.69, 9.17) is 4.74 Å². The average Bonchev–Trinajstić information content (AvgIpc) is 2.73. The number of fused-ring (bicyclic) bond motifs is 1. The summed E-state index contributed by atoms with van der Waals surface area (Å²) in [7, 11) is 0. The third kappa shape index (κ3) is 2.48. The molecule has 2 aliphatic rings. The smallest absolute Gasteiger partial charge is 0.0950 e. The molecule has 19 heavy (non-hydrogen) atoms. The van der Waals surface area contributed by atoms with Crippen molar-refractivity contribution in [1.29, 1.82) is 0 Å². The molecule has 106 valence electrons. The maximum atomic E-state index is 10.8. The van der Waals surface area contributed by atoms with Crippen molar-refractivity contribution < 1.29 is 9.84 Å². The van der Waals surface area contributed by atoms with Crippen LogP contribution in [0, 0.1) is 18.8 Å². The van der Waals surface area contributed by atoms with E-state index in [0.29, 0.717) is 5.92 Å². The lowest BCUT2D eigenvalue weighted by Crippen LogP contribution is -2.51. The molecule has 0 bridgehead atoms. The van der Waals surface area contributed by atoms with Gasteiger partial charge in [-0.1, -0.05) is 13.3 Å². The Morgan fingerprint density at radius 1 is 1.42 bits per heavy atom. The number of aryl methyl sites for hydroxylation is 1. The van der Waals surface area contributed by atoms with Gasteiger partial charge in [-0.25, -0.2) is 0 Å². The van der Waals surface area contributed by atoms with Crippen LogP contribution in [0.3, 0.4) is 0 Å². The molecular formula is C16H24O2S. The van der Waals surface area contributed by atoms with Gasteiger partial charge in [0, 0.05) is 17.2 Å². The number of thiophene rings is 1. The number of rotatable bonds is 1. The van der Waals surface area contributed by atoms with E-state index in [-0.39, 0.29) is 12.2 Å². The molecule has 3 heteroatoms. The molecule has 3 rings (SSSR count). The lowest BCUT2D eigenvalue weighted by Gasteiger charge is -2.49. The van der Waals surface area contributed by atoms with Crippen molar-refractivity contribution in [3.8, 4) is 0 Å². The summed E-state index contributed by atoms with van der Waals surface area (Å²) in [6.07, 6.45) is 4.49. The van der Waals surface area contributed by atoms with Crippen LogP contribution in [-0.2, 0) is 4.74 Å². The molecule has 2 nitrogen and oxygen atoms in total. The molecule has 0 aromatic carbocycles. The minimum absolute atomic E-state index is 0.0848. The van der Waals surface area contributed by atoms with Crippen LogP contribution in [-0.4, -0.2) is 16.8 Å². The zero-order valence-electron chi connectivity index (χ0n) is 12.1. The fourth-order valence-electron chi connectivity index (χ4n) is 3.85. The summed E-state index contributed by atoms with van der Waals surface area (Å²) >= 11 is 1.76. The number of hydrogen-bond donors (Lipinski definition) is 1. The van der Waals surface area contributed by atoms with Crippen molar-refractivity contribution in [3.63, 3.8) is 0 Å². The summed E-state index contributed by atoms with van der Waals surface area (Å²) in [5.74, 6) is 1.04.